The van der Waals surface area contributed by atoms with Crippen LogP contribution in [0.2, 0.25) is 0 Å². The van der Waals surface area contributed by atoms with E-state index in [9.17, 15) is 4.79 Å². The van der Waals surface area contributed by atoms with Crippen molar-refractivity contribution in [2.24, 2.45) is 0 Å². The molecule has 1 unspecified atom stereocenters. The van der Waals surface area contributed by atoms with Gasteiger partial charge in [-0.3, -0.25) is 9.69 Å². The minimum absolute atomic E-state index is 0.0599. The summed E-state index contributed by atoms with van der Waals surface area (Å²) in [6.07, 6.45) is 3.84. The molecule has 0 bridgehead atoms. The molecule has 3 aromatic carbocycles. The first-order chi connectivity index (χ1) is 19.7. The van der Waals surface area contributed by atoms with E-state index in [2.05, 4.69) is 27.4 Å². The lowest BCUT2D eigenvalue weighted by Gasteiger charge is -2.33. The first kappa shape index (κ1) is 27.3. The lowest BCUT2D eigenvalue weighted by molar-refractivity contribution is -0.123. The van der Waals surface area contributed by atoms with E-state index in [1.165, 1.54) is 0 Å². The van der Waals surface area contributed by atoms with E-state index in [1.54, 1.807) is 6.20 Å². The molecule has 4 aromatic rings. The molecule has 0 aliphatic carbocycles. The van der Waals surface area contributed by atoms with Crippen LogP contribution in [0.5, 0.6) is 5.75 Å². The third-order valence-corrected chi connectivity index (χ3v) is 6.74. The van der Waals surface area contributed by atoms with Crippen LogP contribution in [0.25, 0.3) is 11.3 Å². The number of carbonyl (C=O) groups excluding carboxylic acids is 1. The lowest BCUT2D eigenvalue weighted by atomic mass is 10.0. The van der Waals surface area contributed by atoms with Gasteiger partial charge in [0.05, 0.1) is 25.5 Å². The molecule has 0 spiro atoms. The number of rotatable bonds is 11. The van der Waals surface area contributed by atoms with Gasteiger partial charge in [0.2, 0.25) is 11.9 Å². The van der Waals surface area contributed by atoms with Crippen LogP contribution in [0.1, 0.15) is 31.4 Å². The predicted octanol–water partition coefficient (Wildman–Crippen LogP) is 6.08. The van der Waals surface area contributed by atoms with Gasteiger partial charge in [-0.25, -0.2) is 9.97 Å². The molecule has 1 aromatic heterocycles. The second-order valence-electron chi connectivity index (χ2n) is 9.65. The van der Waals surface area contributed by atoms with Crippen molar-refractivity contribution in [2.75, 3.05) is 43.5 Å². The Balaban J connectivity index is 1.26. The van der Waals surface area contributed by atoms with Crippen LogP contribution in [-0.2, 0) is 9.53 Å². The van der Waals surface area contributed by atoms with Gasteiger partial charge < -0.3 is 20.1 Å². The van der Waals surface area contributed by atoms with Crippen LogP contribution in [0.15, 0.2) is 91.1 Å². The Labute approximate surface area is 235 Å². The zero-order valence-corrected chi connectivity index (χ0v) is 22.8. The Bertz CT molecular complexity index is 1370. The number of unbranched alkanes of at least 4 members (excludes halogenated alkanes) is 1. The molecular weight excluding hydrogens is 502 g/mol. The molecule has 40 heavy (non-hydrogen) atoms. The molecular formula is C32H35N5O3. The summed E-state index contributed by atoms with van der Waals surface area (Å²) < 4.78 is 11.3. The number of nitrogens with zero attached hydrogens (tertiary/aromatic N) is 3. The summed E-state index contributed by atoms with van der Waals surface area (Å²) in [4.78, 5) is 24.7. The molecule has 2 N–H and O–H groups in total. The van der Waals surface area contributed by atoms with E-state index >= 15 is 0 Å². The third-order valence-electron chi connectivity index (χ3n) is 6.74. The molecule has 206 valence electrons. The zero-order chi connectivity index (χ0) is 27.6. The second-order valence-corrected chi connectivity index (χ2v) is 9.65. The molecule has 1 aliphatic heterocycles. The van der Waals surface area contributed by atoms with Crippen molar-refractivity contribution in [1.82, 2.24) is 14.9 Å². The fourth-order valence-electron chi connectivity index (χ4n) is 4.64. The number of nitrogens with one attached hydrogen (secondary N) is 2. The van der Waals surface area contributed by atoms with Crippen LogP contribution in [0.3, 0.4) is 0 Å². The van der Waals surface area contributed by atoms with Crippen LogP contribution < -0.4 is 15.4 Å². The average molecular weight is 538 g/mol. The molecule has 1 aliphatic rings. The standard InChI is InChI=1S/C32H35N5O3/c1-2-3-20-40-28-11-7-10-27(23-28)35-32-33-17-16-29(36-32)24-12-14-26(15-13-24)34-31(38)30(25-8-5-4-6-9-25)37-18-21-39-22-19-37/h4-17,23,30H,2-3,18-22H2,1H3,(H,34,38)(H,33,35,36). The predicted molar refractivity (Wildman–Crippen MR) is 158 cm³/mol. The Kier molecular flexibility index (Phi) is 9.34. The maximum absolute atomic E-state index is 13.5. The number of hydrogen-bond donors (Lipinski definition) is 2. The minimum atomic E-state index is -0.379. The van der Waals surface area contributed by atoms with Gasteiger partial charge in [-0.15, -0.1) is 0 Å². The van der Waals surface area contributed by atoms with Gasteiger partial charge in [-0.2, -0.15) is 0 Å². The second kappa shape index (κ2) is 13.7. The average Bonchev–Trinajstić information content (AvgIpc) is 2.99. The highest BCUT2D eigenvalue weighted by molar-refractivity contribution is 5.95. The van der Waals surface area contributed by atoms with Crippen LogP contribution in [0, 0.1) is 0 Å². The highest BCUT2D eigenvalue weighted by atomic mass is 16.5. The molecule has 1 amide bonds. The summed E-state index contributed by atoms with van der Waals surface area (Å²) in [6, 6.07) is 26.9. The first-order valence-electron chi connectivity index (χ1n) is 13.8. The van der Waals surface area contributed by atoms with Crippen molar-refractivity contribution < 1.29 is 14.3 Å². The summed E-state index contributed by atoms with van der Waals surface area (Å²) in [5.41, 5.74) is 4.26. The van der Waals surface area contributed by atoms with E-state index in [-0.39, 0.29) is 11.9 Å². The number of morpholine rings is 1. The minimum Gasteiger partial charge on any atom is -0.494 e. The molecule has 8 nitrogen and oxygen atoms in total. The molecule has 1 saturated heterocycles. The highest BCUT2D eigenvalue weighted by Crippen LogP contribution is 2.26. The van der Waals surface area contributed by atoms with E-state index in [0.717, 1.165) is 46.8 Å². The summed E-state index contributed by atoms with van der Waals surface area (Å²) in [5, 5.41) is 6.37. The fraction of sp³-hybridized carbons (Fsp3) is 0.281. The Hall–Kier alpha value is -4.27. The van der Waals surface area contributed by atoms with E-state index in [1.807, 2.05) is 84.9 Å². The zero-order valence-electron chi connectivity index (χ0n) is 22.8. The first-order valence-corrected chi connectivity index (χ1v) is 13.8. The van der Waals surface area contributed by atoms with Gasteiger partial charge in [0, 0.05) is 42.3 Å². The largest absolute Gasteiger partial charge is 0.494 e. The van der Waals surface area contributed by atoms with Crippen molar-refractivity contribution in [2.45, 2.75) is 25.8 Å². The molecule has 8 heteroatoms. The fourth-order valence-corrected chi connectivity index (χ4v) is 4.64. The van der Waals surface area contributed by atoms with Crippen molar-refractivity contribution in [1.29, 1.82) is 0 Å². The topological polar surface area (TPSA) is 88.6 Å². The van der Waals surface area contributed by atoms with E-state index < -0.39 is 0 Å². The monoisotopic (exact) mass is 537 g/mol. The van der Waals surface area contributed by atoms with E-state index in [4.69, 9.17) is 14.5 Å². The van der Waals surface area contributed by atoms with Gasteiger partial charge in [0.25, 0.3) is 0 Å². The van der Waals surface area contributed by atoms with E-state index in [0.29, 0.717) is 38.9 Å². The number of hydrogen-bond acceptors (Lipinski definition) is 7. The maximum Gasteiger partial charge on any atom is 0.246 e. The summed E-state index contributed by atoms with van der Waals surface area (Å²) >= 11 is 0. The molecule has 0 saturated carbocycles. The van der Waals surface area contributed by atoms with Crippen LogP contribution in [0.4, 0.5) is 17.3 Å². The lowest BCUT2D eigenvalue weighted by Crippen LogP contribution is -2.43. The molecule has 2 heterocycles. The maximum atomic E-state index is 13.5. The smallest absolute Gasteiger partial charge is 0.246 e. The van der Waals surface area contributed by atoms with Crippen molar-refractivity contribution >= 4 is 23.2 Å². The molecule has 0 radical (unpaired) electrons. The Morgan fingerprint density at radius 3 is 2.55 bits per heavy atom. The van der Waals surface area contributed by atoms with Gasteiger partial charge in [0.15, 0.2) is 0 Å². The molecule has 1 atom stereocenters. The van der Waals surface area contributed by atoms with Crippen LogP contribution in [-0.4, -0.2) is 53.7 Å². The van der Waals surface area contributed by atoms with Gasteiger partial charge >= 0.3 is 0 Å². The van der Waals surface area contributed by atoms with Crippen molar-refractivity contribution in [3.63, 3.8) is 0 Å². The summed E-state index contributed by atoms with van der Waals surface area (Å²) in [6.45, 7) is 5.52. The Morgan fingerprint density at radius 1 is 0.975 bits per heavy atom. The molecule has 5 rings (SSSR count). The van der Waals surface area contributed by atoms with Crippen molar-refractivity contribution in [3.8, 4) is 17.0 Å². The van der Waals surface area contributed by atoms with Gasteiger partial charge in [0.1, 0.15) is 11.8 Å². The van der Waals surface area contributed by atoms with Crippen LogP contribution >= 0.6 is 0 Å². The normalized spacial score (nSPS) is 14.3. The van der Waals surface area contributed by atoms with Gasteiger partial charge in [-0.1, -0.05) is 61.9 Å². The number of amides is 1. The third kappa shape index (κ3) is 7.22. The number of benzene rings is 3. The number of anilines is 3. The number of aromatic nitrogens is 2. The summed E-state index contributed by atoms with van der Waals surface area (Å²) in [5.74, 6) is 1.25. The highest BCUT2D eigenvalue weighted by Gasteiger charge is 2.29. The quantitative estimate of drug-likeness (QED) is 0.224. The van der Waals surface area contributed by atoms with Gasteiger partial charge in [-0.05, 0) is 42.3 Å². The van der Waals surface area contributed by atoms with Crippen molar-refractivity contribution in [3.05, 3.63) is 96.7 Å². The Morgan fingerprint density at radius 2 is 1.77 bits per heavy atom. The molecule has 1 fully saturated rings. The number of carbonyl (C=O) groups is 1. The SMILES string of the molecule is CCCCOc1cccc(Nc2nccc(-c3ccc(NC(=O)C(c4ccccc4)N4CCOCC4)cc3)n2)c1. The summed E-state index contributed by atoms with van der Waals surface area (Å²) in [7, 11) is 0. The number of ether oxygens (including phenoxy) is 2.